The molecule has 1 unspecified atom stereocenters. The Labute approximate surface area is 200 Å². The Morgan fingerprint density at radius 1 is 0.290 bits per heavy atom. The van der Waals surface area contributed by atoms with Crippen molar-refractivity contribution in [3.05, 3.63) is 0 Å². The van der Waals surface area contributed by atoms with E-state index in [4.69, 9.17) is 0 Å². The third-order valence-corrected chi connectivity index (χ3v) is 7.49. The summed E-state index contributed by atoms with van der Waals surface area (Å²) in [7, 11) is 0. The molecule has 0 aromatic heterocycles. The number of hydrogen-bond donors (Lipinski definition) is 0. The summed E-state index contributed by atoms with van der Waals surface area (Å²) < 4.78 is 0. The molecule has 0 aromatic carbocycles. The molecule has 0 aliphatic carbocycles. The molecule has 0 aromatic rings. The molecular weight excluding hydrogens is 372 g/mol. The number of unbranched alkanes of at least 4 members (excludes halogenated alkanes) is 22. The van der Waals surface area contributed by atoms with Gasteiger partial charge >= 0.3 is 0 Å². The van der Waals surface area contributed by atoms with Crippen molar-refractivity contribution in [2.24, 2.45) is 5.92 Å². The van der Waals surface area contributed by atoms with Crippen LogP contribution in [0.5, 0.6) is 0 Å². The minimum Gasteiger partial charge on any atom is -0.0654 e. The van der Waals surface area contributed by atoms with Gasteiger partial charge in [-0.05, 0) is 5.92 Å². The predicted octanol–water partition coefficient (Wildman–Crippen LogP) is 12.2. The average Bonchev–Trinajstić information content (AvgIpc) is 2.78. The van der Waals surface area contributed by atoms with Crippen molar-refractivity contribution in [3.63, 3.8) is 0 Å². The molecule has 0 saturated heterocycles. The average molecular weight is 437 g/mol. The van der Waals surface area contributed by atoms with Gasteiger partial charge in [-0.25, -0.2) is 0 Å². The summed E-state index contributed by atoms with van der Waals surface area (Å²) in [5, 5.41) is 0. The summed E-state index contributed by atoms with van der Waals surface area (Å²) in [5.74, 6) is 1.01. The van der Waals surface area contributed by atoms with Crippen LogP contribution in [0.1, 0.15) is 194 Å². The van der Waals surface area contributed by atoms with Crippen LogP contribution in [0.15, 0.2) is 0 Å². The van der Waals surface area contributed by atoms with Crippen molar-refractivity contribution in [1.29, 1.82) is 0 Å². The van der Waals surface area contributed by atoms with Crippen molar-refractivity contribution in [2.45, 2.75) is 194 Å². The lowest BCUT2D eigenvalue weighted by Crippen LogP contribution is -1.97. The molecule has 0 nitrogen and oxygen atoms in total. The standard InChI is InChI=1S/C31H64/c1-4-7-8-9-10-11-12-13-14-15-16-17-18-19-20-21-22-23-24-25-26-27-28-30-31(6-3)29-5-2/h31H,4-30H2,1-3H3. The quantitative estimate of drug-likeness (QED) is 0.112. The highest BCUT2D eigenvalue weighted by molar-refractivity contribution is 4.57. The Hall–Kier alpha value is 0. The van der Waals surface area contributed by atoms with E-state index in [1.54, 1.807) is 0 Å². The third-order valence-electron chi connectivity index (χ3n) is 7.49. The first-order chi connectivity index (χ1) is 15.3. The summed E-state index contributed by atoms with van der Waals surface area (Å²) in [6, 6.07) is 0. The molecule has 0 aliphatic heterocycles. The van der Waals surface area contributed by atoms with Crippen molar-refractivity contribution < 1.29 is 0 Å². The van der Waals surface area contributed by atoms with E-state index in [1.165, 1.54) is 173 Å². The predicted molar refractivity (Wildman–Crippen MR) is 145 cm³/mol. The van der Waals surface area contributed by atoms with Crippen LogP contribution in [-0.4, -0.2) is 0 Å². The molecule has 0 rings (SSSR count). The molecule has 0 saturated carbocycles. The fourth-order valence-electron chi connectivity index (χ4n) is 5.18. The van der Waals surface area contributed by atoms with Crippen LogP contribution in [0.2, 0.25) is 0 Å². The summed E-state index contributed by atoms with van der Waals surface area (Å²) >= 11 is 0. The molecule has 31 heavy (non-hydrogen) atoms. The van der Waals surface area contributed by atoms with Gasteiger partial charge in [-0.15, -0.1) is 0 Å². The van der Waals surface area contributed by atoms with Gasteiger partial charge in [-0.2, -0.15) is 0 Å². The molecule has 0 radical (unpaired) electrons. The lowest BCUT2D eigenvalue weighted by Gasteiger charge is -2.13. The summed E-state index contributed by atoms with van der Waals surface area (Å²) in [5.41, 5.74) is 0. The van der Waals surface area contributed by atoms with Gasteiger partial charge in [0.25, 0.3) is 0 Å². The van der Waals surface area contributed by atoms with Crippen LogP contribution >= 0.6 is 0 Å². The molecule has 0 N–H and O–H groups in total. The van der Waals surface area contributed by atoms with Crippen LogP contribution in [0.4, 0.5) is 0 Å². The number of hydrogen-bond acceptors (Lipinski definition) is 0. The van der Waals surface area contributed by atoms with E-state index in [2.05, 4.69) is 20.8 Å². The molecule has 0 fully saturated rings. The second kappa shape index (κ2) is 28.0. The van der Waals surface area contributed by atoms with Gasteiger partial charge in [-0.3, -0.25) is 0 Å². The smallest absolute Gasteiger partial charge is 0.0417 e. The zero-order valence-electron chi connectivity index (χ0n) is 22.7. The Bertz CT molecular complexity index is 294. The molecule has 0 amide bonds. The highest BCUT2D eigenvalue weighted by Crippen LogP contribution is 2.20. The molecule has 0 heteroatoms. The van der Waals surface area contributed by atoms with Gasteiger partial charge in [0.1, 0.15) is 0 Å². The Kier molecular flexibility index (Phi) is 28.0. The van der Waals surface area contributed by atoms with Gasteiger partial charge < -0.3 is 0 Å². The Morgan fingerprint density at radius 2 is 0.581 bits per heavy atom. The lowest BCUT2D eigenvalue weighted by atomic mass is 9.94. The second-order valence-electron chi connectivity index (χ2n) is 10.6. The highest BCUT2D eigenvalue weighted by Gasteiger charge is 2.04. The van der Waals surface area contributed by atoms with E-state index in [9.17, 15) is 0 Å². The molecule has 0 heterocycles. The van der Waals surface area contributed by atoms with E-state index >= 15 is 0 Å². The normalized spacial score (nSPS) is 12.5. The molecule has 0 spiro atoms. The zero-order valence-corrected chi connectivity index (χ0v) is 22.7. The van der Waals surface area contributed by atoms with Crippen LogP contribution < -0.4 is 0 Å². The van der Waals surface area contributed by atoms with E-state index in [1.807, 2.05) is 0 Å². The van der Waals surface area contributed by atoms with Crippen molar-refractivity contribution >= 4 is 0 Å². The van der Waals surface area contributed by atoms with E-state index in [0.29, 0.717) is 0 Å². The van der Waals surface area contributed by atoms with Crippen LogP contribution in [0.25, 0.3) is 0 Å². The van der Waals surface area contributed by atoms with Crippen LogP contribution in [-0.2, 0) is 0 Å². The maximum atomic E-state index is 2.37. The minimum atomic E-state index is 1.01. The fourth-order valence-corrected chi connectivity index (χ4v) is 5.18. The van der Waals surface area contributed by atoms with Crippen molar-refractivity contribution in [2.75, 3.05) is 0 Å². The first-order valence-electron chi connectivity index (χ1n) is 15.3. The van der Waals surface area contributed by atoms with E-state index in [0.717, 1.165) is 5.92 Å². The maximum absolute atomic E-state index is 2.37. The van der Waals surface area contributed by atoms with Gasteiger partial charge in [-0.1, -0.05) is 194 Å². The Balaban J connectivity index is 3.06. The van der Waals surface area contributed by atoms with E-state index in [-0.39, 0.29) is 0 Å². The lowest BCUT2D eigenvalue weighted by molar-refractivity contribution is 0.407. The maximum Gasteiger partial charge on any atom is -0.0417 e. The monoisotopic (exact) mass is 437 g/mol. The molecule has 1 atom stereocenters. The van der Waals surface area contributed by atoms with Crippen LogP contribution in [0.3, 0.4) is 0 Å². The first-order valence-corrected chi connectivity index (χ1v) is 15.3. The fraction of sp³-hybridized carbons (Fsp3) is 1.00. The van der Waals surface area contributed by atoms with Gasteiger partial charge in [0.05, 0.1) is 0 Å². The second-order valence-corrected chi connectivity index (χ2v) is 10.6. The van der Waals surface area contributed by atoms with Gasteiger partial charge in [0.15, 0.2) is 0 Å². The first kappa shape index (κ1) is 31.0. The summed E-state index contributed by atoms with van der Waals surface area (Å²) in [6.07, 6.45) is 39.8. The SMILES string of the molecule is CCCCCCCCCCCCCCCCCCCCCCCCCC(CC)CCC. The molecule has 0 aliphatic rings. The molecular formula is C31H64. The molecule has 188 valence electrons. The van der Waals surface area contributed by atoms with Crippen molar-refractivity contribution in [1.82, 2.24) is 0 Å². The summed E-state index contributed by atoms with van der Waals surface area (Å²) in [6.45, 7) is 7.02. The summed E-state index contributed by atoms with van der Waals surface area (Å²) in [4.78, 5) is 0. The molecule has 0 bridgehead atoms. The minimum absolute atomic E-state index is 1.01. The van der Waals surface area contributed by atoms with Gasteiger partial charge in [0.2, 0.25) is 0 Å². The zero-order chi connectivity index (χ0) is 22.7. The topological polar surface area (TPSA) is 0 Å². The van der Waals surface area contributed by atoms with Gasteiger partial charge in [0, 0.05) is 0 Å². The highest BCUT2D eigenvalue weighted by atomic mass is 14.1. The Morgan fingerprint density at radius 3 is 0.839 bits per heavy atom. The third kappa shape index (κ3) is 26.1. The largest absolute Gasteiger partial charge is 0.0654 e. The van der Waals surface area contributed by atoms with E-state index < -0.39 is 0 Å². The van der Waals surface area contributed by atoms with Crippen molar-refractivity contribution in [3.8, 4) is 0 Å². The van der Waals surface area contributed by atoms with Crippen LogP contribution in [0, 0.1) is 5.92 Å². The number of rotatable bonds is 27.